The highest BCUT2D eigenvalue weighted by Gasteiger charge is 2.35. The Kier molecular flexibility index (Phi) is 5.10. The molecule has 160 valence electrons. The Balaban J connectivity index is 1.21. The minimum absolute atomic E-state index is 0.0314. The number of nitrogens with zero attached hydrogens (tertiary/aromatic N) is 5. The van der Waals surface area contributed by atoms with Gasteiger partial charge in [-0.2, -0.15) is 0 Å². The number of carbonyl (C=O) groups is 3. The third kappa shape index (κ3) is 3.60. The molecule has 0 N–H and O–H groups in total. The molecule has 0 bridgehead atoms. The Morgan fingerprint density at radius 3 is 2.09 bits per heavy atom. The predicted octanol–water partition coefficient (Wildman–Crippen LogP) is 2.24. The number of amides is 3. The van der Waals surface area contributed by atoms with Crippen LogP contribution in [0.3, 0.4) is 0 Å². The maximum Gasteiger partial charge on any atom is 0.261 e. The minimum atomic E-state index is -0.285. The molecule has 0 aliphatic carbocycles. The second-order valence-corrected chi connectivity index (χ2v) is 7.78. The maximum absolute atomic E-state index is 12.9. The molecular formula is C24H21N5O3. The Morgan fingerprint density at radius 2 is 1.50 bits per heavy atom. The lowest BCUT2D eigenvalue weighted by Gasteiger charge is -2.35. The first-order chi connectivity index (χ1) is 15.6. The van der Waals surface area contributed by atoms with Gasteiger partial charge in [-0.1, -0.05) is 24.3 Å². The lowest BCUT2D eigenvalue weighted by Crippen LogP contribution is -2.49. The van der Waals surface area contributed by atoms with Gasteiger partial charge in [0, 0.05) is 44.1 Å². The maximum atomic E-state index is 12.9. The molecule has 0 spiro atoms. The second kappa shape index (κ2) is 8.22. The molecule has 2 aromatic carbocycles. The summed E-state index contributed by atoms with van der Waals surface area (Å²) in [6, 6.07) is 13.9. The number of hydrogen-bond acceptors (Lipinski definition) is 6. The number of hydrogen-bond donors (Lipinski definition) is 0. The molecule has 1 saturated heterocycles. The van der Waals surface area contributed by atoms with Gasteiger partial charge in [0.25, 0.3) is 17.7 Å². The molecule has 0 atom stereocenters. The van der Waals surface area contributed by atoms with Crippen molar-refractivity contribution in [2.75, 3.05) is 31.1 Å². The van der Waals surface area contributed by atoms with Gasteiger partial charge in [0.1, 0.15) is 5.82 Å². The Bertz CT molecular complexity index is 1140. The number of carbonyl (C=O) groups excluding carboxylic acids is 3. The fraction of sp³-hybridized carbons (Fsp3) is 0.208. The van der Waals surface area contributed by atoms with Gasteiger partial charge in [-0.25, -0.2) is 4.98 Å². The zero-order valence-corrected chi connectivity index (χ0v) is 17.3. The molecule has 3 amide bonds. The van der Waals surface area contributed by atoms with Crippen LogP contribution in [0.2, 0.25) is 0 Å². The molecule has 1 aromatic heterocycles. The van der Waals surface area contributed by atoms with Crippen LogP contribution in [-0.2, 0) is 6.54 Å². The number of imide groups is 1. The second-order valence-electron chi connectivity index (χ2n) is 7.78. The summed E-state index contributed by atoms with van der Waals surface area (Å²) in [4.78, 5) is 51.6. The largest absolute Gasteiger partial charge is 0.352 e. The summed E-state index contributed by atoms with van der Waals surface area (Å²) in [5.74, 6) is 0.214. The Hall–Kier alpha value is -4.07. The molecule has 2 aliphatic rings. The van der Waals surface area contributed by atoms with Gasteiger partial charge in [-0.05, 0) is 29.8 Å². The molecule has 0 saturated carbocycles. The number of benzene rings is 2. The van der Waals surface area contributed by atoms with Crippen molar-refractivity contribution in [3.05, 3.63) is 89.4 Å². The van der Waals surface area contributed by atoms with E-state index < -0.39 is 0 Å². The van der Waals surface area contributed by atoms with E-state index in [1.54, 1.807) is 67.1 Å². The lowest BCUT2D eigenvalue weighted by molar-refractivity contribution is 0.0640. The molecule has 3 heterocycles. The standard InChI is InChI=1S/C24H21N5O3/c30-22(28-13-11-27(12-14-28)21-15-25-9-10-26-21)18-7-5-17(6-8-18)16-29-23(31)19-3-1-2-4-20(19)24(29)32/h1-10,15H,11-14,16H2. The number of rotatable bonds is 4. The van der Waals surface area contributed by atoms with E-state index >= 15 is 0 Å². The van der Waals surface area contributed by atoms with Crippen molar-refractivity contribution >= 4 is 23.5 Å². The molecule has 8 heteroatoms. The lowest BCUT2D eigenvalue weighted by atomic mass is 10.1. The zero-order chi connectivity index (χ0) is 22.1. The summed E-state index contributed by atoms with van der Waals surface area (Å²) >= 11 is 0. The van der Waals surface area contributed by atoms with Crippen molar-refractivity contribution in [3.8, 4) is 0 Å². The van der Waals surface area contributed by atoms with Gasteiger partial charge < -0.3 is 9.80 Å². The highest BCUT2D eigenvalue weighted by molar-refractivity contribution is 6.21. The molecular weight excluding hydrogens is 406 g/mol. The van der Waals surface area contributed by atoms with E-state index in [0.29, 0.717) is 42.9 Å². The van der Waals surface area contributed by atoms with E-state index in [1.807, 2.05) is 4.90 Å². The van der Waals surface area contributed by atoms with Gasteiger partial charge in [-0.15, -0.1) is 0 Å². The van der Waals surface area contributed by atoms with Crippen molar-refractivity contribution in [3.63, 3.8) is 0 Å². The molecule has 2 aliphatic heterocycles. The third-order valence-corrected chi connectivity index (χ3v) is 5.86. The van der Waals surface area contributed by atoms with Gasteiger partial charge >= 0.3 is 0 Å². The highest BCUT2D eigenvalue weighted by atomic mass is 16.2. The van der Waals surface area contributed by atoms with E-state index in [9.17, 15) is 14.4 Å². The Labute approximate surface area is 185 Å². The fourth-order valence-electron chi connectivity index (χ4n) is 4.09. The van der Waals surface area contributed by atoms with Gasteiger partial charge in [0.15, 0.2) is 0 Å². The number of aromatic nitrogens is 2. The van der Waals surface area contributed by atoms with Crippen LogP contribution in [0.25, 0.3) is 0 Å². The van der Waals surface area contributed by atoms with Crippen LogP contribution in [0.15, 0.2) is 67.1 Å². The summed E-state index contributed by atoms with van der Waals surface area (Å²) in [6.07, 6.45) is 5.03. The molecule has 1 fully saturated rings. The van der Waals surface area contributed by atoms with Crippen LogP contribution in [0.1, 0.15) is 36.6 Å². The summed E-state index contributed by atoms with van der Waals surface area (Å²) in [6.45, 7) is 2.78. The zero-order valence-electron chi connectivity index (χ0n) is 17.3. The van der Waals surface area contributed by atoms with Crippen molar-refractivity contribution in [1.82, 2.24) is 19.8 Å². The first kappa shape index (κ1) is 19.9. The average molecular weight is 427 g/mol. The molecule has 0 radical (unpaired) electrons. The minimum Gasteiger partial charge on any atom is -0.352 e. The van der Waals surface area contributed by atoms with E-state index in [1.165, 1.54) is 4.90 Å². The van der Waals surface area contributed by atoms with Crippen molar-refractivity contribution in [2.45, 2.75) is 6.54 Å². The summed E-state index contributed by atoms with van der Waals surface area (Å²) < 4.78 is 0. The van der Waals surface area contributed by atoms with Crippen molar-refractivity contribution in [2.24, 2.45) is 0 Å². The van der Waals surface area contributed by atoms with Gasteiger partial charge in [0.2, 0.25) is 0 Å². The monoisotopic (exact) mass is 427 g/mol. The molecule has 0 unspecified atom stereocenters. The van der Waals surface area contributed by atoms with Crippen LogP contribution in [0.5, 0.6) is 0 Å². The quantitative estimate of drug-likeness (QED) is 0.594. The number of piperazine rings is 1. The van der Waals surface area contributed by atoms with E-state index in [4.69, 9.17) is 0 Å². The van der Waals surface area contributed by atoms with Gasteiger partial charge in [0.05, 0.1) is 23.9 Å². The molecule has 8 nitrogen and oxygen atoms in total. The summed E-state index contributed by atoms with van der Waals surface area (Å²) in [5.41, 5.74) is 2.25. The smallest absolute Gasteiger partial charge is 0.261 e. The summed E-state index contributed by atoms with van der Waals surface area (Å²) in [7, 11) is 0. The number of fused-ring (bicyclic) bond motifs is 1. The van der Waals surface area contributed by atoms with Crippen molar-refractivity contribution in [1.29, 1.82) is 0 Å². The Morgan fingerprint density at radius 1 is 0.844 bits per heavy atom. The first-order valence-corrected chi connectivity index (χ1v) is 10.5. The predicted molar refractivity (Wildman–Crippen MR) is 117 cm³/mol. The fourth-order valence-corrected chi connectivity index (χ4v) is 4.09. The highest BCUT2D eigenvalue weighted by Crippen LogP contribution is 2.24. The summed E-state index contributed by atoms with van der Waals surface area (Å²) in [5, 5.41) is 0. The average Bonchev–Trinajstić information content (AvgIpc) is 3.10. The van der Waals surface area contributed by atoms with Crippen LogP contribution >= 0.6 is 0 Å². The van der Waals surface area contributed by atoms with Crippen molar-refractivity contribution < 1.29 is 14.4 Å². The normalized spacial score (nSPS) is 15.8. The molecule has 32 heavy (non-hydrogen) atoms. The molecule has 5 rings (SSSR count). The SMILES string of the molecule is O=C(c1ccc(CN2C(=O)c3ccccc3C2=O)cc1)N1CCN(c2cnccn2)CC1. The third-order valence-electron chi connectivity index (χ3n) is 5.86. The topological polar surface area (TPSA) is 86.7 Å². The first-order valence-electron chi connectivity index (χ1n) is 10.5. The van der Waals surface area contributed by atoms with Crippen LogP contribution in [0.4, 0.5) is 5.82 Å². The van der Waals surface area contributed by atoms with Crippen LogP contribution in [-0.4, -0.2) is 63.7 Å². The molecule has 3 aromatic rings. The number of anilines is 1. The van der Waals surface area contributed by atoms with Crippen LogP contribution < -0.4 is 4.90 Å². The van der Waals surface area contributed by atoms with E-state index in [2.05, 4.69) is 14.9 Å². The van der Waals surface area contributed by atoms with Crippen LogP contribution in [0, 0.1) is 0 Å². The van der Waals surface area contributed by atoms with E-state index in [-0.39, 0.29) is 24.3 Å². The van der Waals surface area contributed by atoms with E-state index in [0.717, 1.165) is 11.4 Å². The van der Waals surface area contributed by atoms with Gasteiger partial charge in [-0.3, -0.25) is 24.3 Å².